The van der Waals surface area contributed by atoms with Crippen molar-refractivity contribution in [3.05, 3.63) is 42.6 Å². The van der Waals surface area contributed by atoms with Crippen molar-refractivity contribution < 1.29 is 18.9 Å². The van der Waals surface area contributed by atoms with E-state index >= 15 is 0 Å². The first kappa shape index (κ1) is 20.1. The Kier molecular flexibility index (Phi) is 5.40. The highest BCUT2D eigenvalue weighted by Gasteiger charge is 2.18. The fraction of sp³-hybridized carbons (Fsp3) is 0.182. The molecule has 0 atom stereocenters. The third kappa shape index (κ3) is 3.73. The van der Waals surface area contributed by atoms with Gasteiger partial charge in [0.25, 0.3) is 0 Å². The molecule has 2 aromatic carbocycles. The van der Waals surface area contributed by atoms with Gasteiger partial charge in [0.1, 0.15) is 5.52 Å². The van der Waals surface area contributed by atoms with Crippen molar-refractivity contribution in [2.24, 2.45) is 0 Å². The van der Waals surface area contributed by atoms with Crippen LogP contribution in [0.3, 0.4) is 0 Å². The average Bonchev–Trinajstić information content (AvgIpc) is 2.82. The monoisotopic (exact) mass is 419 g/mol. The topological polar surface area (TPSA) is 115 Å². The molecule has 4 aromatic rings. The summed E-state index contributed by atoms with van der Waals surface area (Å²) in [5.74, 6) is 2.50. The Bertz CT molecular complexity index is 1260. The van der Waals surface area contributed by atoms with Crippen molar-refractivity contribution in [3.63, 3.8) is 0 Å². The number of anilines is 1. The molecule has 2 N–H and O–H groups in total. The van der Waals surface area contributed by atoms with Gasteiger partial charge >= 0.3 is 0 Å². The normalized spacial score (nSPS) is 10.7. The predicted octanol–water partition coefficient (Wildman–Crippen LogP) is 3.37. The number of hydrogen-bond donors (Lipinski definition) is 1. The molecule has 0 saturated heterocycles. The maximum absolute atomic E-state index is 5.76. The zero-order valence-corrected chi connectivity index (χ0v) is 17.5. The first-order valence-corrected chi connectivity index (χ1v) is 9.33. The van der Waals surface area contributed by atoms with Gasteiger partial charge in [0.2, 0.25) is 5.95 Å². The molecule has 158 valence electrons. The van der Waals surface area contributed by atoms with Crippen LogP contribution >= 0.6 is 0 Å². The van der Waals surface area contributed by atoms with Crippen LogP contribution in [0.5, 0.6) is 23.0 Å². The van der Waals surface area contributed by atoms with Crippen LogP contribution < -0.4 is 24.7 Å². The van der Waals surface area contributed by atoms with E-state index in [4.69, 9.17) is 34.6 Å². The minimum absolute atomic E-state index is 0.124. The van der Waals surface area contributed by atoms with Crippen molar-refractivity contribution >= 4 is 17.1 Å². The largest absolute Gasteiger partial charge is 0.493 e. The minimum Gasteiger partial charge on any atom is -0.493 e. The summed E-state index contributed by atoms with van der Waals surface area (Å²) in [7, 11) is 6.34. The van der Waals surface area contributed by atoms with Crippen LogP contribution in [0.15, 0.2) is 42.6 Å². The first-order chi connectivity index (χ1) is 15.1. The highest BCUT2D eigenvalue weighted by molar-refractivity contribution is 5.85. The van der Waals surface area contributed by atoms with Gasteiger partial charge in [0.05, 0.1) is 46.0 Å². The minimum atomic E-state index is 0.124. The molecule has 0 unspecified atom stereocenters. The number of ether oxygens (including phenoxy) is 4. The Morgan fingerprint density at radius 3 is 1.68 bits per heavy atom. The van der Waals surface area contributed by atoms with Crippen LogP contribution in [-0.2, 0) is 0 Å². The summed E-state index contributed by atoms with van der Waals surface area (Å²) in [4.78, 5) is 17.8. The lowest BCUT2D eigenvalue weighted by atomic mass is 10.0. The van der Waals surface area contributed by atoms with Crippen LogP contribution in [0.4, 0.5) is 5.95 Å². The van der Waals surface area contributed by atoms with Crippen molar-refractivity contribution in [2.75, 3.05) is 34.2 Å². The number of nitrogen functional groups attached to an aromatic ring is 1. The van der Waals surface area contributed by atoms with E-state index in [1.807, 2.05) is 36.4 Å². The third-order valence-electron chi connectivity index (χ3n) is 4.76. The van der Waals surface area contributed by atoms with E-state index in [9.17, 15) is 0 Å². The summed E-state index contributed by atoms with van der Waals surface area (Å²) < 4.78 is 21.6. The molecule has 31 heavy (non-hydrogen) atoms. The summed E-state index contributed by atoms with van der Waals surface area (Å²) in [6.07, 6.45) is 1.55. The lowest BCUT2D eigenvalue weighted by Gasteiger charge is -2.14. The molecule has 0 aliphatic carbocycles. The smallest absolute Gasteiger partial charge is 0.222 e. The predicted molar refractivity (Wildman–Crippen MR) is 117 cm³/mol. The maximum atomic E-state index is 5.76. The second-order valence-corrected chi connectivity index (χ2v) is 6.50. The molecule has 9 heteroatoms. The van der Waals surface area contributed by atoms with Gasteiger partial charge in [-0.1, -0.05) is 0 Å². The Morgan fingerprint density at radius 1 is 0.645 bits per heavy atom. The maximum Gasteiger partial charge on any atom is 0.222 e. The fourth-order valence-electron chi connectivity index (χ4n) is 3.24. The number of benzene rings is 2. The molecular formula is C22H21N5O4. The zero-order chi connectivity index (χ0) is 22.0. The number of methoxy groups -OCH3 is 4. The molecule has 2 heterocycles. The SMILES string of the molecule is COc1ccc(-c2nc3cnc(N)nc3nc2-c2ccc(OC)c(OC)c2)cc1OC. The highest BCUT2D eigenvalue weighted by Crippen LogP contribution is 2.38. The molecule has 0 fully saturated rings. The Hall–Kier alpha value is -4.14. The quantitative estimate of drug-likeness (QED) is 0.502. The summed E-state index contributed by atoms with van der Waals surface area (Å²) in [6, 6.07) is 11.1. The Balaban J connectivity index is 1.99. The fourth-order valence-corrected chi connectivity index (χ4v) is 3.24. The van der Waals surface area contributed by atoms with Gasteiger partial charge in [-0.15, -0.1) is 0 Å². The Labute approximate surface area is 178 Å². The van der Waals surface area contributed by atoms with Crippen molar-refractivity contribution in [1.82, 2.24) is 19.9 Å². The van der Waals surface area contributed by atoms with Gasteiger partial charge in [-0.3, -0.25) is 0 Å². The highest BCUT2D eigenvalue weighted by atomic mass is 16.5. The lowest BCUT2D eigenvalue weighted by molar-refractivity contribution is 0.355. The second-order valence-electron chi connectivity index (χ2n) is 6.50. The summed E-state index contributed by atoms with van der Waals surface area (Å²) in [5, 5.41) is 0. The molecule has 0 radical (unpaired) electrons. The van der Waals surface area contributed by atoms with Gasteiger partial charge in [0, 0.05) is 11.1 Å². The average molecular weight is 419 g/mol. The summed E-state index contributed by atoms with van der Waals surface area (Å²) in [6.45, 7) is 0. The molecule has 0 saturated carbocycles. The van der Waals surface area contributed by atoms with Crippen LogP contribution in [0.2, 0.25) is 0 Å². The van der Waals surface area contributed by atoms with E-state index in [-0.39, 0.29) is 5.95 Å². The number of nitrogens with zero attached hydrogens (tertiary/aromatic N) is 4. The molecule has 0 bridgehead atoms. The third-order valence-corrected chi connectivity index (χ3v) is 4.76. The van der Waals surface area contributed by atoms with Crippen LogP contribution in [0.25, 0.3) is 33.7 Å². The van der Waals surface area contributed by atoms with Gasteiger partial charge in [-0.2, -0.15) is 4.98 Å². The standard InChI is InChI=1S/C22H21N5O4/c1-28-15-7-5-12(9-17(15)30-3)19-20(13-6-8-16(29-2)18(10-13)31-4)26-21-14(25-19)11-24-22(23)27-21/h5-11H,1-4H3,(H2,23,24,26,27). The molecule has 4 rings (SSSR count). The molecule has 2 aromatic heterocycles. The number of aromatic nitrogens is 4. The zero-order valence-electron chi connectivity index (χ0n) is 17.5. The number of fused-ring (bicyclic) bond motifs is 1. The van der Waals surface area contributed by atoms with E-state index in [0.29, 0.717) is 45.5 Å². The summed E-state index contributed by atoms with van der Waals surface area (Å²) in [5.41, 5.74) is 9.44. The van der Waals surface area contributed by atoms with Crippen molar-refractivity contribution in [3.8, 4) is 45.5 Å². The van der Waals surface area contributed by atoms with Gasteiger partial charge in [-0.05, 0) is 36.4 Å². The van der Waals surface area contributed by atoms with Crippen molar-refractivity contribution in [1.29, 1.82) is 0 Å². The van der Waals surface area contributed by atoms with Gasteiger partial charge in [0.15, 0.2) is 28.6 Å². The number of hydrogen-bond acceptors (Lipinski definition) is 9. The van der Waals surface area contributed by atoms with Crippen molar-refractivity contribution in [2.45, 2.75) is 0 Å². The lowest BCUT2D eigenvalue weighted by Crippen LogP contribution is -2.01. The first-order valence-electron chi connectivity index (χ1n) is 9.33. The van der Waals surface area contributed by atoms with E-state index in [1.54, 1.807) is 34.6 Å². The molecule has 0 spiro atoms. The second kappa shape index (κ2) is 8.31. The van der Waals surface area contributed by atoms with Crippen LogP contribution in [0, 0.1) is 0 Å². The molecule has 0 aliphatic rings. The summed E-state index contributed by atoms with van der Waals surface area (Å²) >= 11 is 0. The van der Waals surface area contributed by atoms with Gasteiger partial charge < -0.3 is 24.7 Å². The van der Waals surface area contributed by atoms with E-state index in [1.165, 1.54) is 0 Å². The van der Waals surface area contributed by atoms with Gasteiger partial charge in [-0.25, -0.2) is 15.0 Å². The number of rotatable bonds is 6. The molecule has 0 aliphatic heterocycles. The number of nitrogens with two attached hydrogens (primary N) is 1. The van der Waals surface area contributed by atoms with E-state index in [0.717, 1.165) is 11.1 Å². The Morgan fingerprint density at radius 2 is 1.16 bits per heavy atom. The molecule has 0 amide bonds. The van der Waals surface area contributed by atoms with Crippen LogP contribution in [-0.4, -0.2) is 48.4 Å². The van der Waals surface area contributed by atoms with E-state index in [2.05, 4.69) is 9.97 Å². The molecule has 9 nitrogen and oxygen atoms in total. The van der Waals surface area contributed by atoms with E-state index < -0.39 is 0 Å². The van der Waals surface area contributed by atoms with Crippen LogP contribution in [0.1, 0.15) is 0 Å². The molecular weight excluding hydrogens is 398 g/mol.